The number of carbonyl (C=O) groups is 4. The molecular formula is C23H20N2O5. The molecule has 1 aliphatic heterocycles. The fraction of sp³-hybridized carbons (Fsp3) is 0.304. The van der Waals surface area contributed by atoms with Crippen LogP contribution in [0.5, 0.6) is 0 Å². The molecule has 2 aliphatic carbocycles. The van der Waals surface area contributed by atoms with E-state index < -0.39 is 11.9 Å². The normalized spacial score (nSPS) is 26.7. The van der Waals surface area contributed by atoms with Gasteiger partial charge in [0.15, 0.2) is 0 Å². The summed E-state index contributed by atoms with van der Waals surface area (Å²) in [5.41, 5.74) is 0.925. The maximum atomic E-state index is 12.9. The molecule has 4 atom stereocenters. The maximum absolute atomic E-state index is 12.9. The average molecular weight is 404 g/mol. The van der Waals surface area contributed by atoms with Gasteiger partial charge in [0.1, 0.15) is 0 Å². The van der Waals surface area contributed by atoms with Crippen LogP contribution in [0.25, 0.3) is 0 Å². The monoisotopic (exact) mass is 404 g/mol. The molecule has 152 valence electrons. The molecule has 0 spiro atoms. The first-order valence-electron chi connectivity index (χ1n) is 10.1. The number of hydrogen-bond acceptors (Lipinski definition) is 4. The molecule has 2 bridgehead atoms. The van der Waals surface area contributed by atoms with Gasteiger partial charge in [-0.1, -0.05) is 12.1 Å². The first-order chi connectivity index (χ1) is 14.5. The van der Waals surface area contributed by atoms with E-state index in [0.29, 0.717) is 23.2 Å². The number of amides is 3. The van der Waals surface area contributed by atoms with Crippen LogP contribution >= 0.6 is 0 Å². The van der Waals surface area contributed by atoms with E-state index in [1.54, 1.807) is 36.4 Å². The number of carboxylic acids is 1. The zero-order valence-electron chi connectivity index (χ0n) is 16.1. The SMILES string of the molecule is O=C(O)c1ccccc1C(=O)Nc1ccc(N2C(=O)[C@@H]3[C@@H]4CC[C@H](C4)[C@@H]3C2=O)cc1. The Hall–Kier alpha value is -3.48. The van der Waals surface area contributed by atoms with Gasteiger partial charge in [0, 0.05) is 5.69 Å². The lowest BCUT2D eigenvalue weighted by atomic mass is 9.81. The first-order valence-corrected chi connectivity index (χ1v) is 10.1. The van der Waals surface area contributed by atoms with Gasteiger partial charge >= 0.3 is 5.97 Å². The van der Waals surface area contributed by atoms with Crippen LogP contribution in [0.15, 0.2) is 48.5 Å². The minimum Gasteiger partial charge on any atom is -0.478 e. The fourth-order valence-electron chi connectivity index (χ4n) is 5.42. The molecule has 3 amide bonds. The van der Waals surface area contributed by atoms with Gasteiger partial charge in [0.05, 0.1) is 28.7 Å². The number of rotatable bonds is 4. The van der Waals surface area contributed by atoms with Crippen molar-refractivity contribution >= 4 is 35.1 Å². The van der Waals surface area contributed by atoms with Crippen LogP contribution in [0, 0.1) is 23.7 Å². The van der Waals surface area contributed by atoms with E-state index >= 15 is 0 Å². The van der Waals surface area contributed by atoms with Crippen molar-refractivity contribution < 1.29 is 24.3 Å². The minimum absolute atomic E-state index is 0.0577. The highest BCUT2D eigenvalue weighted by molar-refractivity contribution is 6.22. The Morgan fingerprint density at radius 3 is 2.00 bits per heavy atom. The second kappa shape index (κ2) is 6.79. The summed E-state index contributed by atoms with van der Waals surface area (Å²) in [5.74, 6) is -1.63. The van der Waals surface area contributed by atoms with Crippen molar-refractivity contribution in [3.63, 3.8) is 0 Å². The Bertz CT molecular complexity index is 1050. The van der Waals surface area contributed by atoms with E-state index in [-0.39, 0.29) is 34.8 Å². The van der Waals surface area contributed by atoms with Crippen molar-refractivity contribution in [2.24, 2.45) is 23.7 Å². The summed E-state index contributed by atoms with van der Waals surface area (Å²) in [5, 5.41) is 11.9. The molecular weight excluding hydrogens is 384 g/mol. The summed E-state index contributed by atoms with van der Waals surface area (Å²) in [6.45, 7) is 0. The molecule has 2 aromatic carbocycles. The summed E-state index contributed by atoms with van der Waals surface area (Å²) < 4.78 is 0. The van der Waals surface area contributed by atoms with Gasteiger partial charge in [0.2, 0.25) is 11.8 Å². The van der Waals surface area contributed by atoms with Crippen LogP contribution in [0.2, 0.25) is 0 Å². The Morgan fingerprint density at radius 1 is 0.867 bits per heavy atom. The maximum Gasteiger partial charge on any atom is 0.336 e. The van der Waals surface area contributed by atoms with Crippen LogP contribution < -0.4 is 10.2 Å². The average Bonchev–Trinajstić information content (AvgIpc) is 3.42. The minimum atomic E-state index is -1.18. The molecule has 2 saturated carbocycles. The lowest BCUT2D eigenvalue weighted by Crippen LogP contribution is -2.32. The highest BCUT2D eigenvalue weighted by Crippen LogP contribution is 2.56. The third-order valence-corrected chi connectivity index (χ3v) is 6.71. The largest absolute Gasteiger partial charge is 0.478 e. The standard InChI is InChI=1S/C23H20N2O5/c26-20(16-3-1-2-4-17(16)23(29)30)24-14-7-9-15(10-8-14)25-21(27)18-12-5-6-13(11-12)19(18)22(25)28/h1-4,7-10,12-13,18-19H,5-6,11H2,(H,24,26)(H,29,30)/t12-,13-,18-,19+/m1/s1. The van der Waals surface area contributed by atoms with Crippen molar-refractivity contribution in [1.29, 1.82) is 0 Å². The van der Waals surface area contributed by atoms with Crippen molar-refractivity contribution in [3.8, 4) is 0 Å². The molecule has 5 rings (SSSR count). The van der Waals surface area contributed by atoms with Crippen LogP contribution in [0.3, 0.4) is 0 Å². The molecule has 3 fully saturated rings. The molecule has 1 saturated heterocycles. The number of imide groups is 1. The highest BCUT2D eigenvalue weighted by atomic mass is 16.4. The zero-order valence-corrected chi connectivity index (χ0v) is 16.1. The first kappa shape index (κ1) is 18.5. The Labute approximate surface area is 172 Å². The molecule has 3 aliphatic rings. The second-order valence-corrected chi connectivity index (χ2v) is 8.25. The quantitative estimate of drug-likeness (QED) is 0.762. The summed E-state index contributed by atoms with van der Waals surface area (Å²) in [6.07, 6.45) is 3.05. The number of fused-ring (bicyclic) bond motifs is 5. The number of aromatic carboxylic acids is 1. The number of benzene rings is 2. The second-order valence-electron chi connectivity index (χ2n) is 8.25. The van der Waals surface area contributed by atoms with Gasteiger partial charge in [-0.15, -0.1) is 0 Å². The number of carbonyl (C=O) groups excluding carboxylic acids is 3. The number of anilines is 2. The molecule has 1 heterocycles. The zero-order chi connectivity index (χ0) is 21.0. The predicted octanol–water partition coefficient (Wildman–Crippen LogP) is 3.17. The summed E-state index contributed by atoms with van der Waals surface area (Å²) in [6, 6.07) is 12.5. The molecule has 2 N–H and O–H groups in total. The lowest BCUT2D eigenvalue weighted by Gasteiger charge is -2.19. The van der Waals surface area contributed by atoms with E-state index in [1.807, 2.05) is 0 Å². The van der Waals surface area contributed by atoms with E-state index in [4.69, 9.17) is 0 Å². The number of carboxylic acid groups (broad SMARTS) is 1. The van der Waals surface area contributed by atoms with Crippen LogP contribution in [-0.4, -0.2) is 28.8 Å². The van der Waals surface area contributed by atoms with Crippen molar-refractivity contribution in [1.82, 2.24) is 0 Å². The van der Waals surface area contributed by atoms with Gasteiger partial charge in [-0.05, 0) is 67.5 Å². The lowest BCUT2D eigenvalue weighted by molar-refractivity contribution is -0.123. The number of nitrogens with zero attached hydrogens (tertiary/aromatic N) is 1. The topological polar surface area (TPSA) is 104 Å². The molecule has 7 heteroatoms. The van der Waals surface area contributed by atoms with Crippen molar-refractivity contribution in [3.05, 3.63) is 59.7 Å². The van der Waals surface area contributed by atoms with E-state index in [9.17, 15) is 24.3 Å². The van der Waals surface area contributed by atoms with Gasteiger partial charge < -0.3 is 10.4 Å². The van der Waals surface area contributed by atoms with Crippen molar-refractivity contribution in [2.45, 2.75) is 19.3 Å². The van der Waals surface area contributed by atoms with E-state index in [2.05, 4.69) is 5.32 Å². The van der Waals surface area contributed by atoms with Gasteiger partial charge in [-0.25, -0.2) is 4.79 Å². The summed E-state index contributed by atoms with van der Waals surface area (Å²) >= 11 is 0. The summed E-state index contributed by atoms with van der Waals surface area (Å²) in [7, 11) is 0. The summed E-state index contributed by atoms with van der Waals surface area (Å²) in [4.78, 5) is 50.9. The third-order valence-electron chi connectivity index (χ3n) is 6.71. The third kappa shape index (κ3) is 2.73. The van der Waals surface area contributed by atoms with E-state index in [1.165, 1.54) is 17.0 Å². The van der Waals surface area contributed by atoms with Gasteiger partial charge in [-0.3, -0.25) is 19.3 Å². The Kier molecular flexibility index (Phi) is 4.20. The van der Waals surface area contributed by atoms with Crippen LogP contribution in [-0.2, 0) is 9.59 Å². The molecule has 0 unspecified atom stereocenters. The fourth-order valence-corrected chi connectivity index (χ4v) is 5.42. The molecule has 0 aromatic heterocycles. The molecule has 7 nitrogen and oxygen atoms in total. The Morgan fingerprint density at radius 2 is 1.43 bits per heavy atom. The molecule has 30 heavy (non-hydrogen) atoms. The van der Waals surface area contributed by atoms with Gasteiger partial charge in [0.25, 0.3) is 5.91 Å². The van der Waals surface area contributed by atoms with Crippen LogP contribution in [0.1, 0.15) is 40.0 Å². The Balaban J connectivity index is 1.34. The van der Waals surface area contributed by atoms with E-state index in [0.717, 1.165) is 19.3 Å². The predicted molar refractivity (Wildman–Crippen MR) is 108 cm³/mol. The molecule has 0 radical (unpaired) electrons. The smallest absolute Gasteiger partial charge is 0.336 e. The highest BCUT2D eigenvalue weighted by Gasteiger charge is 2.61. The van der Waals surface area contributed by atoms with Crippen molar-refractivity contribution in [2.75, 3.05) is 10.2 Å². The van der Waals surface area contributed by atoms with Gasteiger partial charge in [-0.2, -0.15) is 0 Å². The van der Waals surface area contributed by atoms with Crippen LogP contribution in [0.4, 0.5) is 11.4 Å². The number of nitrogens with one attached hydrogen (secondary N) is 1. The number of hydrogen-bond donors (Lipinski definition) is 2. The molecule has 2 aromatic rings.